The molecule has 0 fully saturated rings. The average molecular weight is 166 g/mol. The van der Waals surface area contributed by atoms with Gasteiger partial charge in [-0.3, -0.25) is 4.99 Å². The minimum Gasteiger partial charge on any atom is -0.313 e. The predicted octanol–water partition coefficient (Wildman–Crippen LogP) is 1.80. The van der Waals surface area contributed by atoms with E-state index < -0.39 is 0 Å². The van der Waals surface area contributed by atoms with Crippen LogP contribution in [0.1, 0.15) is 13.3 Å². The first-order chi connectivity index (χ1) is 5.77. The van der Waals surface area contributed by atoms with Crippen LogP contribution in [0.2, 0.25) is 0 Å². The zero-order valence-corrected chi connectivity index (χ0v) is 7.84. The van der Waals surface area contributed by atoms with E-state index in [1.165, 1.54) is 5.57 Å². The van der Waals surface area contributed by atoms with Crippen molar-refractivity contribution in [2.75, 3.05) is 19.6 Å². The van der Waals surface area contributed by atoms with Crippen LogP contribution < -0.4 is 5.32 Å². The van der Waals surface area contributed by atoms with Gasteiger partial charge in [-0.2, -0.15) is 0 Å². The lowest BCUT2D eigenvalue weighted by molar-refractivity contribution is 0.690. The van der Waals surface area contributed by atoms with Crippen molar-refractivity contribution in [3.8, 4) is 0 Å². The molecule has 0 unspecified atom stereocenters. The molecule has 0 aromatic rings. The lowest BCUT2D eigenvalue weighted by atomic mass is 10.3. The summed E-state index contributed by atoms with van der Waals surface area (Å²) in [6, 6.07) is 0. The van der Waals surface area contributed by atoms with Gasteiger partial charge in [0.15, 0.2) is 0 Å². The Morgan fingerprint density at radius 3 is 2.92 bits per heavy atom. The molecule has 0 atom stereocenters. The number of hydrogen-bond donors (Lipinski definition) is 1. The molecule has 0 amide bonds. The van der Waals surface area contributed by atoms with Gasteiger partial charge in [0, 0.05) is 19.3 Å². The van der Waals surface area contributed by atoms with E-state index in [0.29, 0.717) is 0 Å². The average Bonchev–Trinajstić information content (AvgIpc) is 2.02. The van der Waals surface area contributed by atoms with Crippen LogP contribution in [0.5, 0.6) is 0 Å². The van der Waals surface area contributed by atoms with E-state index in [4.69, 9.17) is 0 Å². The summed E-state index contributed by atoms with van der Waals surface area (Å²) < 4.78 is 0. The summed E-state index contributed by atoms with van der Waals surface area (Å²) in [4.78, 5) is 4.10. The van der Waals surface area contributed by atoms with Crippen LogP contribution in [0, 0.1) is 0 Å². The fourth-order valence-corrected chi connectivity index (χ4v) is 0.746. The van der Waals surface area contributed by atoms with Crippen molar-refractivity contribution in [1.82, 2.24) is 5.32 Å². The van der Waals surface area contributed by atoms with E-state index in [1.54, 1.807) is 12.3 Å². The van der Waals surface area contributed by atoms with Crippen molar-refractivity contribution in [3.05, 3.63) is 24.8 Å². The third kappa shape index (κ3) is 9.11. The molecular formula is C10H18N2. The van der Waals surface area contributed by atoms with Gasteiger partial charge in [0.2, 0.25) is 0 Å². The molecule has 0 heterocycles. The predicted molar refractivity (Wildman–Crippen MR) is 55.9 cm³/mol. The van der Waals surface area contributed by atoms with Crippen LogP contribution in [0.4, 0.5) is 0 Å². The van der Waals surface area contributed by atoms with Gasteiger partial charge in [0.25, 0.3) is 0 Å². The maximum Gasteiger partial charge on any atom is 0.0401 e. The van der Waals surface area contributed by atoms with Crippen molar-refractivity contribution in [2.24, 2.45) is 4.99 Å². The molecular weight excluding hydrogens is 148 g/mol. The van der Waals surface area contributed by atoms with Gasteiger partial charge in [-0.25, -0.2) is 0 Å². The largest absolute Gasteiger partial charge is 0.313 e. The second-order valence-electron chi connectivity index (χ2n) is 2.78. The molecule has 0 radical (unpaired) electrons. The molecule has 1 N–H and O–H groups in total. The topological polar surface area (TPSA) is 24.4 Å². The molecule has 0 aromatic carbocycles. The molecule has 0 saturated carbocycles. The Balaban J connectivity index is 3.05. The first kappa shape index (κ1) is 11.1. The van der Waals surface area contributed by atoms with Crippen LogP contribution in [-0.4, -0.2) is 25.8 Å². The van der Waals surface area contributed by atoms with Gasteiger partial charge in [0.1, 0.15) is 0 Å². The van der Waals surface area contributed by atoms with Gasteiger partial charge >= 0.3 is 0 Å². The van der Waals surface area contributed by atoms with Crippen LogP contribution >= 0.6 is 0 Å². The highest BCUT2D eigenvalue weighted by molar-refractivity contribution is 5.69. The first-order valence-electron chi connectivity index (χ1n) is 4.23. The zero-order valence-electron chi connectivity index (χ0n) is 7.84. The molecule has 0 aliphatic carbocycles. The molecule has 2 heteroatoms. The number of aliphatic imine (C=N–C) groups is 1. The van der Waals surface area contributed by atoms with Gasteiger partial charge in [0.05, 0.1) is 0 Å². The maximum absolute atomic E-state index is 4.10. The molecule has 68 valence electrons. The summed E-state index contributed by atoms with van der Waals surface area (Å²) in [5.74, 6) is 0. The molecule has 0 aliphatic heterocycles. The zero-order chi connectivity index (χ0) is 9.23. The van der Waals surface area contributed by atoms with Crippen LogP contribution in [0.25, 0.3) is 0 Å². The fraction of sp³-hybridized carbons (Fsp3) is 0.500. The van der Waals surface area contributed by atoms with E-state index in [-0.39, 0.29) is 0 Å². The minimum absolute atomic E-state index is 0.870. The van der Waals surface area contributed by atoms with Gasteiger partial charge in [-0.05, 0) is 19.9 Å². The summed E-state index contributed by atoms with van der Waals surface area (Å²) in [5, 5.41) is 3.26. The maximum atomic E-state index is 4.10. The highest BCUT2D eigenvalue weighted by Crippen LogP contribution is 1.83. The van der Waals surface area contributed by atoms with Crippen molar-refractivity contribution in [2.45, 2.75) is 13.3 Å². The number of rotatable bonds is 7. The van der Waals surface area contributed by atoms with E-state index in [2.05, 4.69) is 23.5 Å². The summed E-state index contributed by atoms with van der Waals surface area (Å²) >= 11 is 0. The van der Waals surface area contributed by atoms with Gasteiger partial charge in [-0.15, -0.1) is 0 Å². The van der Waals surface area contributed by atoms with Gasteiger partial charge < -0.3 is 5.32 Å². The Labute approximate surface area is 75.1 Å². The van der Waals surface area contributed by atoms with E-state index in [1.807, 2.05) is 6.92 Å². The van der Waals surface area contributed by atoms with Gasteiger partial charge in [-0.1, -0.05) is 24.8 Å². The van der Waals surface area contributed by atoms with Crippen molar-refractivity contribution < 1.29 is 0 Å². The number of allylic oxidation sites excluding steroid dienone is 1. The van der Waals surface area contributed by atoms with Crippen molar-refractivity contribution in [3.63, 3.8) is 0 Å². The quantitative estimate of drug-likeness (QED) is 0.348. The number of nitrogens with one attached hydrogen (secondary N) is 1. The Kier molecular flexibility index (Phi) is 7.60. The summed E-state index contributed by atoms with van der Waals surface area (Å²) in [7, 11) is 0. The summed E-state index contributed by atoms with van der Waals surface area (Å²) in [5.41, 5.74) is 1.17. The number of hydrogen-bond acceptors (Lipinski definition) is 2. The van der Waals surface area contributed by atoms with Crippen molar-refractivity contribution in [1.29, 1.82) is 0 Å². The molecule has 0 bridgehead atoms. The molecule has 2 nitrogen and oxygen atoms in total. The fourth-order valence-electron chi connectivity index (χ4n) is 0.746. The standard InChI is InChI=1S/C10H18N2/c1-4-6-11-7-5-8-12-9-10(2)3/h4,6,12H,1-2,5,7-9H2,3H3/b11-6-. The molecule has 0 rings (SSSR count). The highest BCUT2D eigenvalue weighted by atomic mass is 14.9. The van der Waals surface area contributed by atoms with Crippen LogP contribution in [0.15, 0.2) is 29.8 Å². The lowest BCUT2D eigenvalue weighted by Crippen LogP contribution is -2.17. The molecule has 0 saturated heterocycles. The smallest absolute Gasteiger partial charge is 0.0401 e. The highest BCUT2D eigenvalue weighted by Gasteiger charge is 1.85. The van der Waals surface area contributed by atoms with Crippen LogP contribution in [-0.2, 0) is 0 Å². The monoisotopic (exact) mass is 166 g/mol. The second kappa shape index (κ2) is 8.21. The SMILES string of the molecule is C=C/C=N\CCCNCC(=C)C. The summed E-state index contributed by atoms with van der Waals surface area (Å²) in [6.45, 7) is 12.1. The third-order valence-electron chi connectivity index (χ3n) is 1.28. The van der Waals surface area contributed by atoms with Crippen LogP contribution in [0.3, 0.4) is 0 Å². The molecule has 0 aliphatic rings. The number of nitrogens with zero attached hydrogens (tertiary/aromatic N) is 1. The Hall–Kier alpha value is -0.890. The Morgan fingerprint density at radius 1 is 1.58 bits per heavy atom. The third-order valence-corrected chi connectivity index (χ3v) is 1.28. The van der Waals surface area contributed by atoms with Crippen molar-refractivity contribution >= 4 is 6.21 Å². The van der Waals surface area contributed by atoms with E-state index >= 15 is 0 Å². The second-order valence-corrected chi connectivity index (χ2v) is 2.78. The Bertz CT molecular complexity index is 159. The Morgan fingerprint density at radius 2 is 2.33 bits per heavy atom. The minimum atomic E-state index is 0.870. The normalized spacial score (nSPS) is 10.4. The molecule has 12 heavy (non-hydrogen) atoms. The van der Waals surface area contributed by atoms with E-state index in [9.17, 15) is 0 Å². The van der Waals surface area contributed by atoms with E-state index in [0.717, 1.165) is 26.1 Å². The lowest BCUT2D eigenvalue weighted by Gasteiger charge is -2.01. The summed E-state index contributed by atoms with van der Waals surface area (Å²) in [6.07, 6.45) is 4.50. The molecule has 0 aromatic heterocycles. The first-order valence-corrected chi connectivity index (χ1v) is 4.23. The molecule has 0 spiro atoms.